The van der Waals surface area contributed by atoms with E-state index in [0.29, 0.717) is 17.3 Å². The van der Waals surface area contributed by atoms with Crippen LogP contribution in [0, 0.1) is 5.92 Å². The number of nitrogens with two attached hydrogens (primary N) is 1. The Morgan fingerprint density at radius 1 is 1.41 bits per heavy atom. The number of nitrogens with zero attached hydrogens (tertiary/aromatic N) is 2. The topological polar surface area (TPSA) is 59.2 Å². The summed E-state index contributed by atoms with van der Waals surface area (Å²) in [5.41, 5.74) is 6.93. The molecule has 4 heteroatoms. The molecule has 0 aliphatic heterocycles. The second-order valence-electron chi connectivity index (χ2n) is 5.09. The Labute approximate surface area is 101 Å². The van der Waals surface area contributed by atoms with Gasteiger partial charge in [0.15, 0.2) is 0 Å². The van der Waals surface area contributed by atoms with Crippen LogP contribution in [0.3, 0.4) is 0 Å². The van der Waals surface area contributed by atoms with Crippen molar-refractivity contribution in [2.24, 2.45) is 5.92 Å². The molecule has 2 aliphatic rings. The van der Waals surface area contributed by atoms with Crippen molar-refractivity contribution in [1.82, 2.24) is 9.88 Å². The van der Waals surface area contributed by atoms with Gasteiger partial charge in [-0.1, -0.05) is 0 Å². The molecule has 0 saturated heterocycles. The van der Waals surface area contributed by atoms with E-state index in [-0.39, 0.29) is 5.91 Å². The average molecular weight is 231 g/mol. The van der Waals surface area contributed by atoms with Crippen LogP contribution < -0.4 is 5.73 Å². The van der Waals surface area contributed by atoms with E-state index in [2.05, 4.69) is 4.98 Å². The molecule has 1 aromatic rings. The molecule has 1 heterocycles. The maximum Gasteiger partial charge on any atom is 0.257 e. The summed E-state index contributed by atoms with van der Waals surface area (Å²) in [6, 6.07) is 2.14. The van der Waals surface area contributed by atoms with Gasteiger partial charge in [0.2, 0.25) is 0 Å². The first kappa shape index (κ1) is 10.6. The van der Waals surface area contributed by atoms with E-state index in [1.165, 1.54) is 12.8 Å². The van der Waals surface area contributed by atoms with Crippen molar-refractivity contribution in [1.29, 1.82) is 0 Å². The lowest BCUT2D eigenvalue weighted by molar-refractivity contribution is 0.0735. The van der Waals surface area contributed by atoms with Crippen LogP contribution in [0.5, 0.6) is 0 Å². The number of hydrogen-bond acceptors (Lipinski definition) is 3. The zero-order valence-corrected chi connectivity index (χ0v) is 9.80. The number of aromatic nitrogens is 1. The van der Waals surface area contributed by atoms with Crippen LogP contribution in [-0.2, 0) is 0 Å². The van der Waals surface area contributed by atoms with Crippen LogP contribution in [0.4, 0.5) is 5.69 Å². The van der Waals surface area contributed by atoms with Crippen molar-refractivity contribution in [2.45, 2.75) is 31.7 Å². The highest BCUT2D eigenvalue weighted by molar-refractivity contribution is 5.99. The first-order valence-corrected chi connectivity index (χ1v) is 6.26. The van der Waals surface area contributed by atoms with E-state index < -0.39 is 0 Å². The molecule has 1 aromatic heterocycles. The van der Waals surface area contributed by atoms with Crippen molar-refractivity contribution in [3.05, 3.63) is 24.0 Å². The Kier molecular flexibility index (Phi) is 2.50. The molecule has 2 saturated carbocycles. The lowest BCUT2D eigenvalue weighted by atomic mass is 10.2. The molecule has 0 bridgehead atoms. The van der Waals surface area contributed by atoms with Crippen LogP contribution in [0.2, 0.25) is 0 Å². The SMILES string of the molecule is Nc1ccncc1C(=O)N(CC1CC1)C1CC1. The number of anilines is 1. The smallest absolute Gasteiger partial charge is 0.257 e. The molecular weight excluding hydrogens is 214 g/mol. The van der Waals surface area contributed by atoms with E-state index in [4.69, 9.17) is 5.73 Å². The molecule has 2 aliphatic carbocycles. The first-order chi connectivity index (χ1) is 8.25. The highest BCUT2D eigenvalue weighted by atomic mass is 16.2. The number of carbonyl (C=O) groups is 1. The maximum atomic E-state index is 12.4. The molecule has 17 heavy (non-hydrogen) atoms. The summed E-state index contributed by atoms with van der Waals surface area (Å²) in [6.45, 7) is 0.901. The van der Waals surface area contributed by atoms with Gasteiger partial charge in [-0.2, -0.15) is 0 Å². The Bertz CT molecular complexity index is 438. The Morgan fingerprint density at radius 3 is 2.76 bits per heavy atom. The third-order valence-corrected chi connectivity index (χ3v) is 3.49. The number of amides is 1. The van der Waals surface area contributed by atoms with Crippen LogP contribution in [0.25, 0.3) is 0 Å². The number of pyridine rings is 1. The lowest BCUT2D eigenvalue weighted by Crippen LogP contribution is -2.35. The highest BCUT2D eigenvalue weighted by Gasteiger charge is 2.37. The van der Waals surface area contributed by atoms with Crippen LogP contribution in [0.1, 0.15) is 36.0 Å². The van der Waals surface area contributed by atoms with E-state index in [1.54, 1.807) is 18.5 Å². The van der Waals surface area contributed by atoms with E-state index in [1.807, 2.05) is 4.90 Å². The van der Waals surface area contributed by atoms with Gasteiger partial charge in [-0.15, -0.1) is 0 Å². The fraction of sp³-hybridized carbons (Fsp3) is 0.538. The van der Waals surface area contributed by atoms with Gasteiger partial charge in [0.25, 0.3) is 5.91 Å². The molecule has 4 nitrogen and oxygen atoms in total. The van der Waals surface area contributed by atoms with Gasteiger partial charge < -0.3 is 10.6 Å². The average Bonchev–Trinajstić information content (AvgIpc) is 3.17. The second-order valence-corrected chi connectivity index (χ2v) is 5.09. The van der Waals surface area contributed by atoms with Gasteiger partial charge >= 0.3 is 0 Å². The quantitative estimate of drug-likeness (QED) is 0.857. The number of nitrogen functional groups attached to an aromatic ring is 1. The fourth-order valence-corrected chi connectivity index (χ4v) is 2.10. The summed E-state index contributed by atoms with van der Waals surface area (Å²) in [5, 5.41) is 0. The van der Waals surface area contributed by atoms with Gasteiger partial charge in [-0.25, -0.2) is 0 Å². The molecule has 1 amide bonds. The molecule has 0 unspecified atom stereocenters. The predicted molar refractivity (Wildman–Crippen MR) is 65.4 cm³/mol. The lowest BCUT2D eigenvalue weighted by Gasteiger charge is -2.22. The Hall–Kier alpha value is -1.58. The van der Waals surface area contributed by atoms with Crippen molar-refractivity contribution in [3.8, 4) is 0 Å². The number of rotatable bonds is 4. The molecule has 0 aromatic carbocycles. The van der Waals surface area contributed by atoms with Gasteiger partial charge in [-0.05, 0) is 37.7 Å². The third kappa shape index (κ3) is 2.25. The minimum atomic E-state index is 0.0602. The summed E-state index contributed by atoms with van der Waals surface area (Å²) >= 11 is 0. The summed E-state index contributed by atoms with van der Waals surface area (Å²) in [5.74, 6) is 0.780. The third-order valence-electron chi connectivity index (χ3n) is 3.49. The first-order valence-electron chi connectivity index (χ1n) is 6.26. The standard InChI is InChI=1S/C13H17N3O/c14-12-5-6-15-7-11(12)13(17)16(10-3-4-10)8-9-1-2-9/h5-7,9-10H,1-4,8H2,(H2,14,15). The Morgan fingerprint density at radius 2 is 2.18 bits per heavy atom. The number of hydrogen-bond donors (Lipinski definition) is 1. The van der Waals surface area contributed by atoms with Gasteiger partial charge in [0.05, 0.1) is 5.56 Å². The summed E-state index contributed by atoms with van der Waals surface area (Å²) in [4.78, 5) is 18.4. The van der Waals surface area contributed by atoms with Crippen LogP contribution >= 0.6 is 0 Å². The van der Waals surface area contributed by atoms with Gasteiger partial charge in [0.1, 0.15) is 0 Å². The van der Waals surface area contributed by atoms with Crippen LogP contribution in [-0.4, -0.2) is 28.4 Å². The molecule has 0 radical (unpaired) electrons. The minimum absolute atomic E-state index is 0.0602. The van der Waals surface area contributed by atoms with Gasteiger partial charge in [-0.3, -0.25) is 9.78 Å². The fourth-order valence-electron chi connectivity index (χ4n) is 2.10. The van der Waals surface area contributed by atoms with E-state index >= 15 is 0 Å². The molecule has 3 rings (SSSR count). The Balaban J connectivity index is 1.80. The zero-order valence-electron chi connectivity index (χ0n) is 9.80. The van der Waals surface area contributed by atoms with E-state index in [0.717, 1.165) is 25.3 Å². The minimum Gasteiger partial charge on any atom is -0.398 e. The van der Waals surface area contributed by atoms with Crippen molar-refractivity contribution >= 4 is 11.6 Å². The monoisotopic (exact) mass is 231 g/mol. The summed E-state index contributed by atoms with van der Waals surface area (Å²) in [7, 11) is 0. The summed E-state index contributed by atoms with van der Waals surface area (Å²) in [6.07, 6.45) is 8.00. The normalized spacial score (nSPS) is 19.1. The second kappa shape index (κ2) is 4.02. The van der Waals surface area contributed by atoms with Crippen molar-refractivity contribution in [3.63, 3.8) is 0 Å². The summed E-state index contributed by atoms with van der Waals surface area (Å²) < 4.78 is 0. The van der Waals surface area contributed by atoms with E-state index in [9.17, 15) is 4.79 Å². The predicted octanol–water partition coefficient (Wildman–Crippen LogP) is 1.68. The van der Waals surface area contributed by atoms with Crippen molar-refractivity contribution < 1.29 is 4.79 Å². The molecule has 0 spiro atoms. The molecular formula is C13H17N3O. The molecule has 0 atom stereocenters. The molecule has 2 fully saturated rings. The maximum absolute atomic E-state index is 12.4. The van der Waals surface area contributed by atoms with Gasteiger partial charge in [0, 0.05) is 30.7 Å². The largest absolute Gasteiger partial charge is 0.398 e. The van der Waals surface area contributed by atoms with Crippen molar-refractivity contribution in [2.75, 3.05) is 12.3 Å². The molecule has 90 valence electrons. The highest BCUT2D eigenvalue weighted by Crippen LogP contribution is 2.35. The molecule has 2 N–H and O–H groups in total. The zero-order chi connectivity index (χ0) is 11.8. The number of carbonyl (C=O) groups excluding carboxylic acids is 1. The van der Waals surface area contributed by atoms with Crippen LogP contribution in [0.15, 0.2) is 18.5 Å².